The van der Waals surface area contributed by atoms with Gasteiger partial charge in [-0.3, -0.25) is 0 Å². The summed E-state index contributed by atoms with van der Waals surface area (Å²) < 4.78 is 11.0. The van der Waals surface area contributed by atoms with Crippen molar-refractivity contribution < 1.29 is 9.47 Å². The number of para-hydroxylation sites is 1. The quantitative estimate of drug-likeness (QED) is 0.892. The molecule has 0 spiro atoms. The van der Waals surface area contributed by atoms with Gasteiger partial charge in [-0.05, 0) is 24.3 Å². The van der Waals surface area contributed by atoms with E-state index >= 15 is 0 Å². The second kappa shape index (κ2) is 4.91. The number of benzene rings is 2. The third-order valence-electron chi connectivity index (χ3n) is 2.87. The van der Waals surface area contributed by atoms with E-state index in [0.29, 0.717) is 18.8 Å². The maximum Gasteiger partial charge on any atom is 0.163 e. The summed E-state index contributed by atoms with van der Waals surface area (Å²) in [4.78, 5) is 0. The second-order valence-corrected chi connectivity index (χ2v) is 4.14. The van der Waals surface area contributed by atoms with Crippen LogP contribution < -0.4 is 14.8 Å². The Hall–Kier alpha value is -2.67. The Morgan fingerprint density at radius 2 is 1.79 bits per heavy atom. The maximum absolute atomic E-state index is 9.05. The van der Waals surface area contributed by atoms with E-state index in [1.807, 2.05) is 36.4 Å². The molecule has 4 heteroatoms. The molecule has 0 amide bonds. The predicted octanol–water partition coefficient (Wildman–Crippen LogP) is 3.07. The zero-order valence-corrected chi connectivity index (χ0v) is 10.2. The first-order valence-electron chi connectivity index (χ1n) is 6.02. The summed E-state index contributed by atoms with van der Waals surface area (Å²) >= 11 is 0. The van der Waals surface area contributed by atoms with Gasteiger partial charge in [0.15, 0.2) is 11.5 Å². The average Bonchev–Trinajstić information content (AvgIpc) is 2.48. The summed E-state index contributed by atoms with van der Waals surface area (Å²) in [5, 5.41) is 12.3. The molecule has 1 aliphatic heterocycles. The summed E-state index contributed by atoms with van der Waals surface area (Å²) in [7, 11) is 0. The maximum atomic E-state index is 9.05. The molecule has 0 bridgehead atoms. The van der Waals surface area contributed by atoms with Gasteiger partial charge in [0, 0.05) is 11.8 Å². The van der Waals surface area contributed by atoms with Gasteiger partial charge in [0.05, 0.1) is 11.3 Å². The Kier molecular flexibility index (Phi) is 2.95. The number of nitrogens with one attached hydrogen (secondary N) is 1. The van der Waals surface area contributed by atoms with Gasteiger partial charge >= 0.3 is 0 Å². The zero-order valence-electron chi connectivity index (χ0n) is 10.2. The number of hydrogen-bond acceptors (Lipinski definition) is 4. The minimum Gasteiger partial charge on any atom is -0.486 e. The van der Waals surface area contributed by atoms with Crippen LogP contribution in [0.2, 0.25) is 0 Å². The first kappa shape index (κ1) is 11.4. The Bertz CT molecular complexity index is 647. The first-order valence-corrected chi connectivity index (χ1v) is 6.02. The fourth-order valence-corrected chi connectivity index (χ4v) is 1.97. The minimum atomic E-state index is 0.561. The van der Waals surface area contributed by atoms with Crippen molar-refractivity contribution in [1.29, 1.82) is 5.26 Å². The Morgan fingerprint density at radius 1 is 1.00 bits per heavy atom. The summed E-state index contributed by atoms with van der Waals surface area (Å²) in [6.45, 7) is 1.14. The summed E-state index contributed by atoms with van der Waals surface area (Å²) in [6.07, 6.45) is 0. The van der Waals surface area contributed by atoms with Crippen molar-refractivity contribution in [2.45, 2.75) is 0 Å². The smallest absolute Gasteiger partial charge is 0.163 e. The van der Waals surface area contributed by atoms with Crippen LogP contribution in [0.15, 0.2) is 42.5 Å². The molecule has 1 N–H and O–H groups in total. The molecule has 94 valence electrons. The molecule has 0 radical (unpaired) electrons. The van der Waals surface area contributed by atoms with Crippen molar-refractivity contribution in [3.05, 3.63) is 48.0 Å². The van der Waals surface area contributed by atoms with Crippen LogP contribution in [0.3, 0.4) is 0 Å². The van der Waals surface area contributed by atoms with E-state index in [4.69, 9.17) is 14.7 Å². The summed E-state index contributed by atoms with van der Waals surface area (Å²) in [5.74, 6) is 1.48. The third-order valence-corrected chi connectivity index (χ3v) is 2.87. The van der Waals surface area contributed by atoms with Gasteiger partial charge in [0.2, 0.25) is 0 Å². The summed E-state index contributed by atoms with van der Waals surface area (Å²) in [5.41, 5.74) is 2.26. The van der Waals surface area contributed by atoms with Gasteiger partial charge in [0.25, 0.3) is 0 Å². The topological polar surface area (TPSA) is 54.3 Å². The summed E-state index contributed by atoms with van der Waals surface area (Å²) in [6, 6.07) is 15.2. The van der Waals surface area contributed by atoms with Crippen molar-refractivity contribution in [1.82, 2.24) is 0 Å². The van der Waals surface area contributed by atoms with Crippen LogP contribution in [0, 0.1) is 11.3 Å². The lowest BCUT2D eigenvalue weighted by Gasteiger charge is -2.19. The van der Waals surface area contributed by atoms with Crippen LogP contribution in [0.25, 0.3) is 0 Å². The van der Waals surface area contributed by atoms with Gasteiger partial charge in [-0.2, -0.15) is 5.26 Å². The molecule has 0 aliphatic carbocycles. The van der Waals surface area contributed by atoms with Gasteiger partial charge in [-0.25, -0.2) is 0 Å². The number of nitriles is 1. The highest BCUT2D eigenvalue weighted by molar-refractivity contribution is 5.68. The van der Waals surface area contributed by atoms with E-state index < -0.39 is 0 Å². The normalized spacial score (nSPS) is 12.6. The standard InChI is InChI=1S/C15H12N2O2/c16-10-11-3-1-2-4-13(11)17-12-5-6-14-15(9-12)19-8-7-18-14/h1-6,9,17H,7-8H2. The van der Waals surface area contributed by atoms with E-state index in [2.05, 4.69) is 11.4 Å². The van der Waals surface area contributed by atoms with Crippen molar-refractivity contribution in [3.8, 4) is 17.6 Å². The zero-order chi connectivity index (χ0) is 13.1. The highest BCUT2D eigenvalue weighted by Crippen LogP contribution is 2.33. The molecule has 0 saturated carbocycles. The van der Waals surface area contributed by atoms with Gasteiger partial charge in [-0.1, -0.05) is 12.1 Å². The number of nitrogens with zero attached hydrogens (tertiary/aromatic N) is 1. The molecule has 1 aliphatic rings. The molecule has 2 aromatic carbocycles. The lowest BCUT2D eigenvalue weighted by Crippen LogP contribution is -2.15. The number of hydrogen-bond donors (Lipinski definition) is 1. The monoisotopic (exact) mass is 252 g/mol. The molecule has 0 aromatic heterocycles. The minimum absolute atomic E-state index is 0.561. The molecular weight excluding hydrogens is 240 g/mol. The fraction of sp³-hybridized carbons (Fsp3) is 0.133. The average molecular weight is 252 g/mol. The molecule has 1 heterocycles. The highest BCUT2D eigenvalue weighted by Gasteiger charge is 2.12. The fourth-order valence-electron chi connectivity index (χ4n) is 1.97. The van der Waals surface area contributed by atoms with Crippen LogP contribution in [0.1, 0.15) is 5.56 Å². The van der Waals surface area contributed by atoms with E-state index in [0.717, 1.165) is 22.9 Å². The largest absolute Gasteiger partial charge is 0.486 e. The first-order chi connectivity index (χ1) is 9.36. The molecule has 3 rings (SSSR count). The third kappa shape index (κ3) is 2.31. The molecule has 4 nitrogen and oxygen atoms in total. The molecule has 0 unspecified atom stereocenters. The molecule has 0 atom stereocenters. The van der Waals surface area contributed by atoms with Crippen molar-refractivity contribution in [3.63, 3.8) is 0 Å². The molecule has 2 aromatic rings. The van der Waals surface area contributed by atoms with Crippen LogP contribution >= 0.6 is 0 Å². The van der Waals surface area contributed by atoms with Crippen LogP contribution in [0.4, 0.5) is 11.4 Å². The lowest BCUT2D eigenvalue weighted by atomic mass is 10.2. The van der Waals surface area contributed by atoms with Crippen LogP contribution in [-0.4, -0.2) is 13.2 Å². The van der Waals surface area contributed by atoms with Crippen molar-refractivity contribution in [2.24, 2.45) is 0 Å². The van der Waals surface area contributed by atoms with E-state index in [-0.39, 0.29) is 0 Å². The predicted molar refractivity (Wildman–Crippen MR) is 71.9 cm³/mol. The molecular formula is C15H12N2O2. The Balaban J connectivity index is 1.89. The van der Waals surface area contributed by atoms with Gasteiger partial charge in [0.1, 0.15) is 19.3 Å². The Labute approximate surface area is 111 Å². The van der Waals surface area contributed by atoms with E-state index in [1.54, 1.807) is 6.07 Å². The highest BCUT2D eigenvalue weighted by atomic mass is 16.6. The van der Waals surface area contributed by atoms with Crippen molar-refractivity contribution >= 4 is 11.4 Å². The molecule has 19 heavy (non-hydrogen) atoms. The van der Waals surface area contributed by atoms with E-state index in [9.17, 15) is 0 Å². The van der Waals surface area contributed by atoms with Crippen LogP contribution in [0.5, 0.6) is 11.5 Å². The molecule has 0 fully saturated rings. The SMILES string of the molecule is N#Cc1ccccc1Nc1ccc2c(c1)OCCO2. The number of fused-ring (bicyclic) bond motifs is 1. The van der Waals surface area contributed by atoms with Gasteiger partial charge < -0.3 is 14.8 Å². The Morgan fingerprint density at radius 3 is 2.63 bits per heavy atom. The lowest BCUT2D eigenvalue weighted by molar-refractivity contribution is 0.171. The van der Waals surface area contributed by atoms with Crippen molar-refractivity contribution in [2.75, 3.05) is 18.5 Å². The number of ether oxygens (including phenoxy) is 2. The second-order valence-electron chi connectivity index (χ2n) is 4.14. The van der Waals surface area contributed by atoms with Crippen LogP contribution in [-0.2, 0) is 0 Å². The number of rotatable bonds is 2. The number of anilines is 2. The molecule has 0 saturated heterocycles. The van der Waals surface area contributed by atoms with Gasteiger partial charge in [-0.15, -0.1) is 0 Å². The van der Waals surface area contributed by atoms with E-state index in [1.165, 1.54) is 0 Å².